The van der Waals surface area contributed by atoms with Gasteiger partial charge in [-0.15, -0.1) is 0 Å². The molecule has 0 fully saturated rings. The zero-order valence-corrected chi connectivity index (χ0v) is 20.7. The van der Waals surface area contributed by atoms with E-state index in [0.717, 1.165) is 56.2 Å². The van der Waals surface area contributed by atoms with Gasteiger partial charge in [0.1, 0.15) is 11.2 Å². The van der Waals surface area contributed by atoms with E-state index in [1.165, 1.54) is 11.1 Å². The summed E-state index contributed by atoms with van der Waals surface area (Å²) in [6.07, 6.45) is 2.91. The molecule has 0 bridgehead atoms. The molecule has 1 N–H and O–H groups in total. The van der Waals surface area contributed by atoms with E-state index in [1.807, 2.05) is 66.7 Å². The van der Waals surface area contributed by atoms with Crippen LogP contribution in [0.4, 0.5) is 0 Å². The Hall–Kier alpha value is -4.69. The van der Waals surface area contributed by atoms with Gasteiger partial charge in [0.15, 0.2) is 0 Å². The van der Waals surface area contributed by atoms with Crippen LogP contribution in [0.3, 0.4) is 0 Å². The third kappa shape index (κ3) is 4.39. The van der Waals surface area contributed by atoms with Gasteiger partial charge in [-0.05, 0) is 69.6 Å². The van der Waals surface area contributed by atoms with Crippen LogP contribution < -0.4 is 0 Å². The minimum Gasteiger partial charge on any atom is -0.456 e. The predicted octanol–water partition coefficient (Wildman–Crippen LogP) is 9.32. The van der Waals surface area contributed by atoms with E-state index in [1.54, 1.807) is 0 Å². The summed E-state index contributed by atoms with van der Waals surface area (Å²) < 4.78 is 6.27. The summed E-state index contributed by atoms with van der Waals surface area (Å²) in [5.41, 5.74) is 9.95. The first-order chi connectivity index (χ1) is 18.2. The number of nitrogens with one attached hydrogen (secondary N) is 1. The van der Waals surface area contributed by atoms with E-state index in [4.69, 9.17) is 9.83 Å². The summed E-state index contributed by atoms with van der Waals surface area (Å²) >= 11 is 0. The van der Waals surface area contributed by atoms with Crippen LogP contribution >= 0.6 is 0 Å². The van der Waals surface area contributed by atoms with Gasteiger partial charge < -0.3 is 9.83 Å². The topological polar surface area (TPSA) is 37.0 Å². The summed E-state index contributed by atoms with van der Waals surface area (Å²) in [7, 11) is 0. The fraction of sp³-hybridized carbons (Fsp3) is 0.0571. The Morgan fingerprint density at radius 1 is 0.676 bits per heavy atom. The predicted molar refractivity (Wildman–Crippen MR) is 155 cm³/mol. The van der Waals surface area contributed by atoms with Crippen molar-refractivity contribution >= 4 is 33.2 Å². The average Bonchev–Trinajstić information content (AvgIpc) is 3.35. The lowest BCUT2D eigenvalue weighted by molar-refractivity contribution is 0.668. The molecule has 0 amide bonds. The zero-order chi connectivity index (χ0) is 25.2. The Bertz CT molecular complexity index is 1760. The number of benzene rings is 5. The largest absolute Gasteiger partial charge is 0.456 e. The lowest BCUT2D eigenvalue weighted by Crippen LogP contribution is -1.98. The van der Waals surface area contributed by atoms with Crippen LogP contribution in [0.1, 0.15) is 29.2 Å². The number of rotatable bonds is 6. The molecule has 0 aliphatic carbocycles. The van der Waals surface area contributed by atoms with Gasteiger partial charge >= 0.3 is 0 Å². The number of para-hydroxylation sites is 1. The van der Waals surface area contributed by atoms with Gasteiger partial charge in [0.25, 0.3) is 0 Å². The summed E-state index contributed by atoms with van der Waals surface area (Å²) in [5, 5.41) is 11.1. The third-order valence-electron chi connectivity index (χ3n) is 6.89. The molecule has 37 heavy (non-hydrogen) atoms. The summed E-state index contributed by atoms with van der Waals surface area (Å²) in [6, 6.07) is 41.6. The maximum Gasteiger partial charge on any atom is 0.136 e. The highest BCUT2D eigenvalue weighted by atomic mass is 16.3. The third-order valence-corrected chi connectivity index (χ3v) is 6.89. The molecule has 0 aliphatic heterocycles. The Morgan fingerprint density at radius 3 is 2.11 bits per heavy atom. The van der Waals surface area contributed by atoms with E-state index in [0.29, 0.717) is 5.71 Å². The van der Waals surface area contributed by atoms with Crippen molar-refractivity contribution in [3.8, 4) is 11.1 Å². The van der Waals surface area contributed by atoms with Gasteiger partial charge in [-0.25, -0.2) is 0 Å². The smallest absolute Gasteiger partial charge is 0.136 e. The van der Waals surface area contributed by atoms with Crippen LogP contribution in [0.15, 0.2) is 132 Å². The second-order valence-electron chi connectivity index (χ2n) is 9.25. The fourth-order valence-corrected chi connectivity index (χ4v) is 4.99. The van der Waals surface area contributed by atoms with Crippen LogP contribution in [0, 0.1) is 5.41 Å². The zero-order valence-electron chi connectivity index (χ0n) is 20.7. The number of aryl methyl sites for hydroxylation is 1. The molecule has 0 atom stereocenters. The Labute approximate surface area is 217 Å². The Balaban J connectivity index is 1.55. The highest BCUT2D eigenvalue weighted by Crippen LogP contribution is 2.39. The van der Waals surface area contributed by atoms with Crippen molar-refractivity contribution in [2.45, 2.75) is 13.3 Å². The number of furan rings is 1. The molecule has 2 nitrogen and oxygen atoms in total. The monoisotopic (exact) mass is 477 g/mol. The first-order valence-corrected chi connectivity index (χ1v) is 12.7. The first kappa shape index (κ1) is 22.8. The Morgan fingerprint density at radius 2 is 1.35 bits per heavy atom. The minimum absolute atomic E-state index is 0.487. The van der Waals surface area contributed by atoms with Crippen LogP contribution in [0.5, 0.6) is 0 Å². The molecule has 6 aromatic rings. The molecular formula is C35H27NO. The van der Waals surface area contributed by atoms with Gasteiger partial charge in [0.2, 0.25) is 0 Å². The highest BCUT2D eigenvalue weighted by Gasteiger charge is 2.15. The van der Waals surface area contributed by atoms with Crippen LogP contribution in [0.2, 0.25) is 0 Å². The quantitative estimate of drug-likeness (QED) is 0.238. The van der Waals surface area contributed by atoms with Gasteiger partial charge in [0, 0.05) is 10.8 Å². The average molecular weight is 478 g/mol. The molecular weight excluding hydrogens is 450 g/mol. The lowest BCUT2D eigenvalue weighted by Gasteiger charge is -2.13. The molecule has 0 saturated carbocycles. The van der Waals surface area contributed by atoms with Crippen molar-refractivity contribution < 1.29 is 4.42 Å². The van der Waals surface area contributed by atoms with Crippen LogP contribution in [0.25, 0.3) is 38.6 Å². The standard InChI is InChI=1S/C35H27NO/c1-2-24-20-31(35-29-18-9-10-19-33(29)37-34(35)21-24)28-17-11-16-27(22-28)30(25-12-5-3-6-13-25)23-32(36)26-14-7-4-8-15-26/h3-23,36H,2H2,1H3/b30-23-,36-32?. The second-order valence-corrected chi connectivity index (χ2v) is 9.25. The number of hydrogen-bond donors (Lipinski definition) is 1. The number of hydrogen-bond acceptors (Lipinski definition) is 2. The molecule has 1 aromatic heterocycles. The van der Waals surface area contributed by atoms with Gasteiger partial charge in [0.05, 0.1) is 5.71 Å². The normalized spacial score (nSPS) is 11.8. The van der Waals surface area contributed by atoms with Crippen molar-refractivity contribution in [1.82, 2.24) is 0 Å². The lowest BCUT2D eigenvalue weighted by atomic mass is 9.91. The molecule has 0 saturated heterocycles. The number of fused-ring (bicyclic) bond motifs is 3. The SMILES string of the molecule is CCc1cc(-c2cccc(/C(=C\C(=N)c3ccccc3)c3ccccc3)c2)c2c(c1)oc1ccccc12. The summed E-state index contributed by atoms with van der Waals surface area (Å²) in [6.45, 7) is 2.18. The van der Waals surface area contributed by atoms with Crippen molar-refractivity contribution in [3.63, 3.8) is 0 Å². The van der Waals surface area contributed by atoms with E-state index >= 15 is 0 Å². The molecule has 0 aliphatic rings. The highest BCUT2D eigenvalue weighted by molar-refractivity contribution is 6.14. The van der Waals surface area contributed by atoms with E-state index < -0.39 is 0 Å². The molecule has 6 rings (SSSR count). The maximum absolute atomic E-state index is 8.82. The van der Waals surface area contributed by atoms with Crippen molar-refractivity contribution in [3.05, 3.63) is 150 Å². The molecule has 0 radical (unpaired) electrons. The second kappa shape index (κ2) is 9.75. The van der Waals surface area contributed by atoms with Gasteiger partial charge in [-0.1, -0.05) is 110 Å². The van der Waals surface area contributed by atoms with Gasteiger partial charge in [-0.2, -0.15) is 0 Å². The van der Waals surface area contributed by atoms with Crippen LogP contribution in [-0.2, 0) is 6.42 Å². The van der Waals surface area contributed by atoms with Crippen molar-refractivity contribution in [2.24, 2.45) is 0 Å². The fourth-order valence-electron chi connectivity index (χ4n) is 4.99. The molecule has 1 heterocycles. The molecule has 0 spiro atoms. The molecule has 5 aromatic carbocycles. The Kier molecular flexibility index (Phi) is 6.00. The van der Waals surface area contributed by atoms with E-state index in [2.05, 4.69) is 67.6 Å². The summed E-state index contributed by atoms with van der Waals surface area (Å²) in [5.74, 6) is 0. The molecule has 178 valence electrons. The van der Waals surface area contributed by atoms with Gasteiger partial charge in [-0.3, -0.25) is 0 Å². The maximum atomic E-state index is 8.82. The van der Waals surface area contributed by atoms with E-state index in [9.17, 15) is 0 Å². The van der Waals surface area contributed by atoms with Crippen LogP contribution in [-0.4, -0.2) is 5.71 Å². The van der Waals surface area contributed by atoms with Crippen molar-refractivity contribution in [1.29, 1.82) is 5.41 Å². The van der Waals surface area contributed by atoms with E-state index in [-0.39, 0.29) is 0 Å². The summed E-state index contributed by atoms with van der Waals surface area (Å²) in [4.78, 5) is 0. The minimum atomic E-state index is 0.487. The number of allylic oxidation sites excluding steroid dienone is 1. The molecule has 0 unspecified atom stereocenters. The first-order valence-electron chi connectivity index (χ1n) is 12.7. The van der Waals surface area contributed by atoms with Crippen molar-refractivity contribution in [2.75, 3.05) is 0 Å². The molecule has 2 heteroatoms.